The van der Waals surface area contributed by atoms with E-state index in [1.807, 2.05) is 19.1 Å². The lowest BCUT2D eigenvalue weighted by atomic mass is 10.2. The number of nitrogens with zero attached hydrogens (tertiary/aromatic N) is 1. The molecule has 0 atom stereocenters. The first kappa shape index (κ1) is 10.8. The number of fused-ring (bicyclic) bond motifs is 1. The summed E-state index contributed by atoms with van der Waals surface area (Å²) in [7, 11) is 1.71. The molecule has 0 saturated carbocycles. The molecule has 0 unspecified atom stereocenters. The molecular formula is C11H10ClNO3. The van der Waals surface area contributed by atoms with E-state index in [2.05, 4.69) is 0 Å². The molecule has 0 aromatic heterocycles. The zero-order valence-electron chi connectivity index (χ0n) is 8.82. The highest BCUT2D eigenvalue weighted by atomic mass is 35.5. The summed E-state index contributed by atoms with van der Waals surface area (Å²) in [6.07, 6.45) is 0. The molecule has 1 aromatic carbocycles. The van der Waals surface area contributed by atoms with E-state index < -0.39 is 5.97 Å². The Labute approximate surface area is 97.7 Å². The molecule has 0 saturated heterocycles. The fraction of sp³-hybridized carbons (Fsp3) is 0.182. The summed E-state index contributed by atoms with van der Waals surface area (Å²) < 4.78 is 5.39. The maximum Gasteiger partial charge on any atom is 0.352 e. The standard InChI is InChI=1S/C11H10ClNO3/c1-6-3-4-8-7(5-6)13(2)10(16-8)9(12)11(14)15/h3-5H,1-2H3,(H,14,15). The van der Waals surface area contributed by atoms with E-state index in [1.54, 1.807) is 18.0 Å². The molecular weight excluding hydrogens is 230 g/mol. The van der Waals surface area contributed by atoms with Crippen LogP contribution in [0.3, 0.4) is 0 Å². The van der Waals surface area contributed by atoms with Crippen LogP contribution in [0.1, 0.15) is 5.56 Å². The summed E-state index contributed by atoms with van der Waals surface area (Å²) in [5, 5.41) is 8.47. The molecule has 1 aliphatic heterocycles. The van der Waals surface area contributed by atoms with Gasteiger partial charge < -0.3 is 14.7 Å². The van der Waals surface area contributed by atoms with Crippen LogP contribution >= 0.6 is 11.6 Å². The molecule has 5 heteroatoms. The van der Waals surface area contributed by atoms with E-state index in [4.69, 9.17) is 21.4 Å². The third-order valence-corrected chi connectivity index (χ3v) is 2.69. The van der Waals surface area contributed by atoms with E-state index in [0.29, 0.717) is 5.75 Å². The minimum Gasteiger partial charge on any atom is -0.477 e. The quantitative estimate of drug-likeness (QED) is 0.764. The van der Waals surface area contributed by atoms with Crippen LogP contribution in [0.5, 0.6) is 5.75 Å². The summed E-state index contributed by atoms with van der Waals surface area (Å²) in [6.45, 7) is 1.95. The number of aryl methyl sites for hydroxylation is 1. The predicted molar refractivity (Wildman–Crippen MR) is 60.7 cm³/mol. The highest BCUT2D eigenvalue weighted by Crippen LogP contribution is 2.39. The second-order valence-corrected chi connectivity index (χ2v) is 3.93. The molecule has 4 nitrogen and oxygen atoms in total. The monoisotopic (exact) mass is 239 g/mol. The Morgan fingerprint density at radius 1 is 1.50 bits per heavy atom. The summed E-state index contributed by atoms with van der Waals surface area (Å²) in [5.41, 5.74) is 1.89. The van der Waals surface area contributed by atoms with Gasteiger partial charge in [0.05, 0.1) is 5.69 Å². The fourth-order valence-corrected chi connectivity index (χ4v) is 1.71. The van der Waals surface area contributed by atoms with E-state index in [-0.39, 0.29) is 10.9 Å². The number of aliphatic carboxylic acids is 1. The molecule has 2 rings (SSSR count). The van der Waals surface area contributed by atoms with E-state index in [1.165, 1.54) is 0 Å². The average Bonchev–Trinajstić information content (AvgIpc) is 2.55. The molecule has 0 radical (unpaired) electrons. The van der Waals surface area contributed by atoms with Crippen molar-refractivity contribution >= 4 is 23.3 Å². The van der Waals surface area contributed by atoms with Crippen molar-refractivity contribution in [3.05, 3.63) is 34.7 Å². The summed E-state index contributed by atoms with van der Waals surface area (Å²) in [5.74, 6) is -0.440. The molecule has 84 valence electrons. The van der Waals surface area contributed by atoms with Crippen LogP contribution in [0.4, 0.5) is 5.69 Å². The first-order valence-electron chi connectivity index (χ1n) is 4.66. The van der Waals surface area contributed by atoms with Crippen molar-refractivity contribution in [1.82, 2.24) is 0 Å². The normalized spacial score (nSPS) is 16.8. The van der Waals surface area contributed by atoms with Crippen LogP contribution in [0.2, 0.25) is 0 Å². The van der Waals surface area contributed by atoms with E-state index >= 15 is 0 Å². The zero-order valence-corrected chi connectivity index (χ0v) is 9.58. The Hall–Kier alpha value is -1.68. The van der Waals surface area contributed by atoms with Gasteiger partial charge >= 0.3 is 5.97 Å². The number of carbonyl (C=O) groups is 1. The molecule has 1 aromatic rings. The number of rotatable bonds is 1. The number of benzene rings is 1. The predicted octanol–water partition coefficient (Wildman–Crippen LogP) is 2.32. The largest absolute Gasteiger partial charge is 0.477 e. The van der Waals surface area contributed by atoms with Gasteiger partial charge in [-0.3, -0.25) is 0 Å². The molecule has 0 spiro atoms. The van der Waals surface area contributed by atoms with Crippen molar-refractivity contribution in [2.24, 2.45) is 0 Å². The van der Waals surface area contributed by atoms with Gasteiger partial charge in [-0.2, -0.15) is 0 Å². The maximum absolute atomic E-state index is 10.8. The van der Waals surface area contributed by atoms with Crippen molar-refractivity contribution in [3.8, 4) is 5.75 Å². The van der Waals surface area contributed by atoms with Gasteiger partial charge in [0, 0.05) is 7.05 Å². The summed E-state index contributed by atoms with van der Waals surface area (Å²) in [6, 6.07) is 5.60. The van der Waals surface area contributed by atoms with Gasteiger partial charge in [0.15, 0.2) is 10.8 Å². The first-order chi connectivity index (χ1) is 7.50. The van der Waals surface area contributed by atoms with Crippen LogP contribution in [0.15, 0.2) is 29.1 Å². The van der Waals surface area contributed by atoms with Crippen molar-refractivity contribution in [1.29, 1.82) is 0 Å². The Morgan fingerprint density at radius 3 is 2.81 bits per heavy atom. The molecule has 0 amide bonds. The van der Waals surface area contributed by atoms with Gasteiger partial charge in [-0.15, -0.1) is 0 Å². The van der Waals surface area contributed by atoms with Crippen molar-refractivity contribution in [2.75, 3.05) is 11.9 Å². The smallest absolute Gasteiger partial charge is 0.352 e. The zero-order chi connectivity index (χ0) is 11.9. The first-order valence-corrected chi connectivity index (χ1v) is 5.04. The summed E-state index contributed by atoms with van der Waals surface area (Å²) in [4.78, 5) is 12.4. The van der Waals surface area contributed by atoms with Crippen LogP contribution in [0.25, 0.3) is 0 Å². The van der Waals surface area contributed by atoms with Gasteiger partial charge in [0.25, 0.3) is 0 Å². The topological polar surface area (TPSA) is 49.8 Å². The number of anilines is 1. The molecule has 0 fully saturated rings. The summed E-state index contributed by atoms with van der Waals surface area (Å²) >= 11 is 5.66. The lowest BCUT2D eigenvalue weighted by molar-refractivity contribution is -0.132. The molecule has 0 bridgehead atoms. The van der Waals surface area contributed by atoms with Crippen LogP contribution in [-0.2, 0) is 4.79 Å². The number of carboxylic acids is 1. The Kier molecular flexibility index (Phi) is 2.52. The molecule has 1 heterocycles. The van der Waals surface area contributed by atoms with Crippen LogP contribution < -0.4 is 9.64 Å². The average molecular weight is 240 g/mol. The Morgan fingerprint density at radius 2 is 2.19 bits per heavy atom. The lowest BCUT2D eigenvalue weighted by Crippen LogP contribution is -2.17. The van der Waals surface area contributed by atoms with Crippen molar-refractivity contribution < 1.29 is 14.6 Å². The second-order valence-electron chi connectivity index (χ2n) is 3.56. The number of halogens is 1. The maximum atomic E-state index is 10.8. The number of hydrogen-bond acceptors (Lipinski definition) is 3. The van der Waals surface area contributed by atoms with Crippen molar-refractivity contribution in [2.45, 2.75) is 6.92 Å². The van der Waals surface area contributed by atoms with E-state index in [9.17, 15) is 4.79 Å². The molecule has 1 aliphatic rings. The Bertz CT molecular complexity index is 496. The molecule has 0 aliphatic carbocycles. The van der Waals surface area contributed by atoms with Gasteiger partial charge in [-0.1, -0.05) is 17.7 Å². The highest BCUT2D eigenvalue weighted by molar-refractivity contribution is 6.41. The lowest BCUT2D eigenvalue weighted by Gasteiger charge is -2.11. The highest BCUT2D eigenvalue weighted by Gasteiger charge is 2.28. The third-order valence-electron chi connectivity index (χ3n) is 2.36. The van der Waals surface area contributed by atoms with Crippen LogP contribution in [-0.4, -0.2) is 18.1 Å². The van der Waals surface area contributed by atoms with E-state index in [0.717, 1.165) is 11.3 Å². The minimum atomic E-state index is -1.20. The van der Waals surface area contributed by atoms with Gasteiger partial charge in [-0.05, 0) is 24.6 Å². The SMILES string of the molecule is Cc1ccc2c(c1)N(C)C(=C(Cl)C(=O)O)O2. The number of hydrogen-bond donors (Lipinski definition) is 1. The third kappa shape index (κ3) is 1.61. The van der Waals surface area contributed by atoms with Gasteiger partial charge in [-0.25, -0.2) is 4.79 Å². The van der Waals surface area contributed by atoms with Crippen LogP contribution in [0, 0.1) is 6.92 Å². The second kappa shape index (κ2) is 3.72. The molecule has 16 heavy (non-hydrogen) atoms. The minimum absolute atomic E-state index is 0.148. The fourth-order valence-electron chi connectivity index (χ4n) is 1.54. The van der Waals surface area contributed by atoms with Gasteiger partial charge in [0.2, 0.25) is 5.88 Å². The molecule has 1 N–H and O–H groups in total. The van der Waals surface area contributed by atoms with Crippen molar-refractivity contribution in [3.63, 3.8) is 0 Å². The number of ether oxygens (including phenoxy) is 1. The number of carboxylic acid groups (broad SMARTS) is 1. The Balaban J connectivity index is 2.49. The van der Waals surface area contributed by atoms with Gasteiger partial charge in [0.1, 0.15) is 0 Å².